The molecule has 0 unspecified atom stereocenters. The van der Waals surface area contributed by atoms with Gasteiger partial charge in [-0.05, 0) is 32.0 Å². The van der Waals surface area contributed by atoms with Crippen LogP contribution in [0.3, 0.4) is 0 Å². The molecule has 2 rings (SSSR count). The highest BCUT2D eigenvalue weighted by molar-refractivity contribution is 5.74. The first-order valence-corrected chi connectivity index (χ1v) is 5.81. The highest BCUT2D eigenvalue weighted by Gasteiger charge is 2.22. The number of nitrogens with two attached hydrogens (primary N) is 1. The van der Waals surface area contributed by atoms with Crippen LogP contribution in [0, 0.1) is 11.3 Å². The Balaban J connectivity index is 2.33. The number of hydrogen-bond donors (Lipinski definition) is 2. The fourth-order valence-corrected chi connectivity index (χ4v) is 2.11. The van der Waals surface area contributed by atoms with Gasteiger partial charge in [0.2, 0.25) is 0 Å². The maximum absolute atomic E-state index is 8.94. The van der Waals surface area contributed by atoms with E-state index in [2.05, 4.69) is 16.3 Å². The first kappa shape index (κ1) is 11.7. The van der Waals surface area contributed by atoms with Gasteiger partial charge in [-0.2, -0.15) is 5.26 Å². The zero-order chi connectivity index (χ0) is 12.5. The molecule has 0 saturated heterocycles. The number of anilines is 2. The summed E-state index contributed by atoms with van der Waals surface area (Å²) in [6, 6.07) is 7.90. The number of hydrogen-bond acceptors (Lipinski definition) is 4. The molecule has 0 fully saturated rings. The van der Waals surface area contributed by atoms with Crippen LogP contribution in [-0.4, -0.2) is 25.2 Å². The summed E-state index contributed by atoms with van der Waals surface area (Å²) >= 11 is 0. The molecule has 0 aliphatic carbocycles. The summed E-state index contributed by atoms with van der Waals surface area (Å²) in [6.07, 6.45) is 0. The van der Waals surface area contributed by atoms with E-state index in [0.717, 1.165) is 31.0 Å². The molecule has 4 heteroatoms. The Morgan fingerprint density at radius 1 is 1.53 bits per heavy atom. The average molecular weight is 230 g/mol. The van der Waals surface area contributed by atoms with E-state index in [4.69, 9.17) is 11.0 Å². The summed E-state index contributed by atoms with van der Waals surface area (Å²) in [5.41, 5.74) is 8.68. The van der Waals surface area contributed by atoms with Crippen molar-refractivity contribution in [2.24, 2.45) is 5.73 Å². The van der Waals surface area contributed by atoms with E-state index in [-0.39, 0.29) is 5.54 Å². The molecule has 3 N–H and O–H groups in total. The Labute approximate surface area is 102 Å². The fraction of sp³-hybridized carbons (Fsp3) is 0.462. The van der Waals surface area contributed by atoms with E-state index in [1.807, 2.05) is 32.0 Å². The highest BCUT2D eigenvalue weighted by Crippen LogP contribution is 2.30. The predicted octanol–water partition coefficient (Wildman–Crippen LogP) is 1.53. The average Bonchev–Trinajstić information content (AvgIpc) is 2.27. The van der Waals surface area contributed by atoms with Gasteiger partial charge in [0.25, 0.3) is 0 Å². The lowest BCUT2D eigenvalue weighted by Crippen LogP contribution is -2.48. The van der Waals surface area contributed by atoms with Crippen LogP contribution in [0.2, 0.25) is 0 Å². The molecular weight excluding hydrogens is 212 g/mol. The van der Waals surface area contributed by atoms with Gasteiger partial charge in [-0.3, -0.25) is 0 Å². The summed E-state index contributed by atoms with van der Waals surface area (Å²) < 4.78 is 0. The van der Waals surface area contributed by atoms with E-state index in [1.54, 1.807) is 0 Å². The van der Waals surface area contributed by atoms with Crippen molar-refractivity contribution >= 4 is 11.4 Å². The Hall–Kier alpha value is -1.73. The Morgan fingerprint density at radius 3 is 2.94 bits per heavy atom. The van der Waals surface area contributed by atoms with Gasteiger partial charge in [0.1, 0.15) is 0 Å². The predicted molar refractivity (Wildman–Crippen MR) is 70.1 cm³/mol. The first-order valence-electron chi connectivity index (χ1n) is 5.81. The van der Waals surface area contributed by atoms with E-state index in [1.165, 1.54) is 0 Å². The quantitative estimate of drug-likeness (QED) is 0.808. The lowest BCUT2D eigenvalue weighted by molar-refractivity contribution is 0.505. The number of fused-ring (bicyclic) bond motifs is 1. The van der Waals surface area contributed by atoms with Gasteiger partial charge >= 0.3 is 0 Å². The number of benzene rings is 1. The third-order valence-electron chi connectivity index (χ3n) is 2.76. The normalized spacial score (nSPS) is 14.8. The number of nitrogens with one attached hydrogen (secondary N) is 1. The summed E-state index contributed by atoms with van der Waals surface area (Å²) in [5.74, 6) is 0. The van der Waals surface area contributed by atoms with Gasteiger partial charge in [0.15, 0.2) is 0 Å². The van der Waals surface area contributed by atoms with Crippen LogP contribution in [0.15, 0.2) is 18.2 Å². The van der Waals surface area contributed by atoms with E-state index in [9.17, 15) is 0 Å². The monoisotopic (exact) mass is 230 g/mol. The minimum atomic E-state index is -0.239. The van der Waals surface area contributed by atoms with Crippen molar-refractivity contribution in [3.8, 4) is 6.07 Å². The topological polar surface area (TPSA) is 65.1 Å². The second-order valence-electron chi connectivity index (χ2n) is 5.18. The Kier molecular flexibility index (Phi) is 2.95. The smallest absolute Gasteiger partial charge is 0.0992 e. The van der Waals surface area contributed by atoms with E-state index >= 15 is 0 Å². The van der Waals surface area contributed by atoms with Gasteiger partial charge in [-0.25, -0.2) is 0 Å². The van der Waals surface area contributed by atoms with Gasteiger partial charge in [-0.15, -0.1) is 0 Å². The first-order chi connectivity index (χ1) is 7.99. The summed E-state index contributed by atoms with van der Waals surface area (Å²) in [5, 5.41) is 12.3. The minimum absolute atomic E-state index is 0.239. The molecule has 0 saturated carbocycles. The second-order valence-corrected chi connectivity index (χ2v) is 5.18. The van der Waals surface area contributed by atoms with Crippen LogP contribution in [0.1, 0.15) is 19.4 Å². The van der Waals surface area contributed by atoms with Crippen molar-refractivity contribution in [2.45, 2.75) is 19.4 Å². The third kappa shape index (κ3) is 2.69. The second kappa shape index (κ2) is 4.27. The zero-order valence-corrected chi connectivity index (χ0v) is 10.3. The maximum atomic E-state index is 8.94. The molecule has 90 valence electrons. The van der Waals surface area contributed by atoms with Crippen molar-refractivity contribution < 1.29 is 0 Å². The molecular formula is C13H18N4. The van der Waals surface area contributed by atoms with Crippen LogP contribution in [0.25, 0.3) is 0 Å². The zero-order valence-electron chi connectivity index (χ0n) is 10.3. The van der Waals surface area contributed by atoms with Crippen LogP contribution in [0.5, 0.6) is 0 Å². The van der Waals surface area contributed by atoms with Crippen molar-refractivity contribution in [2.75, 3.05) is 29.9 Å². The van der Waals surface area contributed by atoms with Crippen molar-refractivity contribution in [1.82, 2.24) is 0 Å². The largest absolute Gasteiger partial charge is 0.382 e. The van der Waals surface area contributed by atoms with E-state index in [0.29, 0.717) is 5.56 Å². The molecule has 0 aromatic heterocycles. The SMILES string of the molecule is CC(C)(N)CN1CCNc2ccc(C#N)cc21. The lowest BCUT2D eigenvalue weighted by Gasteiger charge is -2.36. The molecule has 17 heavy (non-hydrogen) atoms. The standard InChI is InChI=1S/C13H18N4/c1-13(2,15)9-17-6-5-16-11-4-3-10(8-14)7-12(11)17/h3-4,7,16H,5-6,9,15H2,1-2H3. The third-order valence-corrected chi connectivity index (χ3v) is 2.76. The van der Waals surface area contributed by atoms with Gasteiger partial charge in [0, 0.05) is 25.2 Å². The lowest BCUT2D eigenvalue weighted by atomic mass is 10.0. The molecule has 0 radical (unpaired) electrons. The van der Waals surface area contributed by atoms with Crippen LogP contribution < -0.4 is 16.0 Å². The maximum Gasteiger partial charge on any atom is 0.0992 e. The fourth-order valence-electron chi connectivity index (χ4n) is 2.11. The van der Waals surface area contributed by atoms with Crippen molar-refractivity contribution in [1.29, 1.82) is 5.26 Å². The van der Waals surface area contributed by atoms with Crippen LogP contribution in [-0.2, 0) is 0 Å². The summed E-state index contributed by atoms with van der Waals surface area (Å²) in [4.78, 5) is 2.24. The van der Waals surface area contributed by atoms with Crippen LogP contribution in [0.4, 0.5) is 11.4 Å². The molecule has 4 nitrogen and oxygen atoms in total. The molecule has 1 aromatic rings. The van der Waals surface area contributed by atoms with Gasteiger partial charge < -0.3 is 16.0 Å². The molecule has 1 aliphatic heterocycles. The number of nitrogens with zero attached hydrogens (tertiary/aromatic N) is 2. The van der Waals surface area contributed by atoms with E-state index < -0.39 is 0 Å². The Bertz CT molecular complexity index is 453. The van der Waals surface area contributed by atoms with Crippen LogP contribution >= 0.6 is 0 Å². The minimum Gasteiger partial charge on any atom is -0.382 e. The number of rotatable bonds is 2. The Morgan fingerprint density at radius 2 is 2.29 bits per heavy atom. The molecule has 0 spiro atoms. The summed E-state index contributed by atoms with van der Waals surface area (Å²) in [7, 11) is 0. The summed E-state index contributed by atoms with van der Waals surface area (Å²) in [6.45, 7) is 6.65. The highest BCUT2D eigenvalue weighted by atomic mass is 15.2. The van der Waals surface area contributed by atoms with Crippen molar-refractivity contribution in [3.05, 3.63) is 23.8 Å². The van der Waals surface area contributed by atoms with Gasteiger partial charge in [0.05, 0.1) is 23.0 Å². The molecule has 0 amide bonds. The molecule has 1 heterocycles. The molecule has 0 bridgehead atoms. The molecule has 0 atom stereocenters. The molecule has 1 aliphatic rings. The molecule has 1 aromatic carbocycles. The van der Waals surface area contributed by atoms with Gasteiger partial charge in [-0.1, -0.05) is 0 Å². The van der Waals surface area contributed by atoms with Crippen molar-refractivity contribution in [3.63, 3.8) is 0 Å². The number of nitriles is 1.